The fourth-order valence-electron chi connectivity index (χ4n) is 5.46. The maximum Gasteiger partial charge on any atom is 0.401 e. The molecule has 5 rings (SSSR count). The lowest BCUT2D eigenvalue weighted by atomic mass is 9.70. The number of sulfonamides is 1. The van der Waals surface area contributed by atoms with Crippen LogP contribution in [0.1, 0.15) is 37.7 Å². The summed E-state index contributed by atoms with van der Waals surface area (Å²) >= 11 is 5.50. The molecule has 0 radical (unpaired) electrons. The fourth-order valence-corrected chi connectivity index (χ4v) is 8.88. The number of nitrogens with zero attached hydrogens (tertiary/aromatic N) is 1. The molecule has 1 aliphatic carbocycles. The van der Waals surface area contributed by atoms with Crippen molar-refractivity contribution in [2.24, 2.45) is 5.92 Å². The smallest absolute Gasteiger partial charge is 0.401 e. The minimum atomic E-state index is -4.02. The molecule has 2 aliphatic heterocycles. The molecule has 1 unspecified atom stereocenters. The maximum absolute atomic E-state index is 14.1. The van der Waals surface area contributed by atoms with Crippen LogP contribution in [-0.2, 0) is 15.4 Å². The number of anilines is 1. The Morgan fingerprint density at radius 1 is 1.21 bits per heavy atom. The summed E-state index contributed by atoms with van der Waals surface area (Å²) in [6.45, 7) is 3.33. The normalized spacial score (nSPS) is 22.0. The number of benzene rings is 2. The standard InChI is InChI=1S/C25H26BrF2NO3S2/c1-2-10-25(27,28)32-19-4-3-5-20(16-19)34(30,31)29-22-9-8-18(26)15-21(22)24(11-13-33-14-12-24)23(29)17-6-7-17/h2-5,8-9,15-17,23H,1,6-7,10-14H2. The van der Waals surface area contributed by atoms with Crippen molar-refractivity contribution in [3.63, 3.8) is 0 Å². The lowest BCUT2D eigenvalue weighted by molar-refractivity contribution is -0.172. The quantitative estimate of drug-likeness (QED) is 0.346. The molecule has 9 heteroatoms. The van der Waals surface area contributed by atoms with E-state index in [1.165, 1.54) is 24.3 Å². The zero-order valence-corrected chi connectivity index (χ0v) is 21.8. The Morgan fingerprint density at radius 2 is 1.94 bits per heavy atom. The van der Waals surface area contributed by atoms with Gasteiger partial charge < -0.3 is 4.74 Å². The predicted molar refractivity (Wildman–Crippen MR) is 135 cm³/mol. The van der Waals surface area contributed by atoms with E-state index in [1.54, 1.807) is 4.31 Å². The maximum atomic E-state index is 14.1. The Morgan fingerprint density at radius 3 is 2.62 bits per heavy atom. The number of rotatable bonds is 7. The molecule has 2 aromatic rings. The zero-order valence-electron chi connectivity index (χ0n) is 18.6. The third-order valence-corrected chi connectivity index (χ3v) is 10.3. The summed E-state index contributed by atoms with van der Waals surface area (Å²) in [5.41, 5.74) is 1.55. The number of alkyl halides is 2. The van der Waals surface area contributed by atoms with Gasteiger partial charge in [-0.2, -0.15) is 20.5 Å². The summed E-state index contributed by atoms with van der Waals surface area (Å²) in [5.74, 6) is 2.09. The second kappa shape index (κ2) is 8.82. The van der Waals surface area contributed by atoms with Gasteiger partial charge in [-0.3, -0.25) is 4.31 Å². The van der Waals surface area contributed by atoms with Crippen molar-refractivity contribution in [1.29, 1.82) is 0 Å². The van der Waals surface area contributed by atoms with Crippen LogP contribution >= 0.6 is 27.7 Å². The van der Waals surface area contributed by atoms with Crippen LogP contribution in [0, 0.1) is 5.92 Å². The topological polar surface area (TPSA) is 46.6 Å². The molecule has 0 aromatic heterocycles. The van der Waals surface area contributed by atoms with Gasteiger partial charge in [0, 0.05) is 16.0 Å². The van der Waals surface area contributed by atoms with Gasteiger partial charge >= 0.3 is 6.11 Å². The molecule has 2 fully saturated rings. The van der Waals surface area contributed by atoms with Gasteiger partial charge in [0.05, 0.1) is 23.0 Å². The van der Waals surface area contributed by atoms with Gasteiger partial charge in [-0.1, -0.05) is 28.1 Å². The van der Waals surface area contributed by atoms with Crippen LogP contribution in [0.2, 0.25) is 0 Å². The van der Waals surface area contributed by atoms with Crippen molar-refractivity contribution in [2.75, 3.05) is 15.8 Å². The lowest BCUT2D eigenvalue weighted by Gasteiger charge is -2.41. The van der Waals surface area contributed by atoms with E-state index < -0.39 is 22.6 Å². The molecule has 1 spiro atoms. The van der Waals surface area contributed by atoms with Crippen LogP contribution in [0.5, 0.6) is 5.75 Å². The van der Waals surface area contributed by atoms with E-state index in [-0.39, 0.29) is 22.1 Å². The minimum Gasteiger partial charge on any atom is -0.432 e. The highest BCUT2D eigenvalue weighted by atomic mass is 79.9. The van der Waals surface area contributed by atoms with Crippen LogP contribution in [0.4, 0.5) is 14.5 Å². The number of hydrogen-bond donors (Lipinski definition) is 0. The van der Waals surface area contributed by atoms with Gasteiger partial charge in [0.25, 0.3) is 10.0 Å². The Kier molecular flexibility index (Phi) is 6.26. The van der Waals surface area contributed by atoms with Crippen molar-refractivity contribution >= 4 is 43.4 Å². The summed E-state index contributed by atoms with van der Waals surface area (Å²) in [6, 6.07) is 11.1. The number of hydrogen-bond acceptors (Lipinski definition) is 4. The molecule has 0 bridgehead atoms. The largest absolute Gasteiger partial charge is 0.432 e. The average molecular weight is 571 g/mol. The van der Waals surface area contributed by atoms with E-state index >= 15 is 0 Å². The number of ether oxygens (including phenoxy) is 1. The second-order valence-electron chi connectivity index (χ2n) is 9.22. The first-order valence-corrected chi connectivity index (χ1v) is 14.8. The van der Waals surface area contributed by atoms with E-state index in [9.17, 15) is 17.2 Å². The molecule has 1 saturated carbocycles. The minimum absolute atomic E-state index is 0.0406. The van der Waals surface area contributed by atoms with Crippen LogP contribution in [-0.4, -0.2) is 32.1 Å². The summed E-state index contributed by atoms with van der Waals surface area (Å²) in [5, 5.41) is 0. The Hall–Kier alpha value is -1.58. The van der Waals surface area contributed by atoms with E-state index in [4.69, 9.17) is 4.74 Å². The first-order chi connectivity index (χ1) is 16.2. The van der Waals surface area contributed by atoms with Crippen molar-refractivity contribution in [2.45, 2.75) is 54.6 Å². The molecule has 2 aromatic carbocycles. The predicted octanol–water partition coefficient (Wildman–Crippen LogP) is 6.75. The lowest BCUT2D eigenvalue weighted by Crippen LogP contribution is -2.50. The van der Waals surface area contributed by atoms with Gasteiger partial charge in [-0.25, -0.2) is 8.42 Å². The van der Waals surface area contributed by atoms with Crippen molar-refractivity contribution in [3.05, 3.63) is 65.2 Å². The number of halogens is 3. The van der Waals surface area contributed by atoms with E-state index in [1.807, 2.05) is 23.9 Å². The molecule has 0 N–H and O–H groups in total. The van der Waals surface area contributed by atoms with Crippen LogP contribution < -0.4 is 9.04 Å². The summed E-state index contributed by atoms with van der Waals surface area (Å²) in [6.07, 6.45) is 0.785. The van der Waals surface area contributed by atoms with Gasteiger partial charge in [0.15, 0.2) is 0 Å². The summed E-state index contributed by atoms with van der Waals surface area (Å²) < 4.78 is 63.7. The van der Waals surface area contributed by atoms with Gasteiger partial charge in [0.2, 0.25) is 0 Å². The molecule has 3 aliphatic rings. The third kappa shape index (κ3) is 4.17. The molecule has 4 nitrogen and oxygen atoms in total. The van der Waals surface area contributed by atoms with E-state index in [2.05, 4.69) is 28.6 Å². The monoisotopic (exact) mass is 569 g/mol. The highest BCUT2D eigenvalue weighted by Crippen LogP contribution is 2.60. The molecule has 1 atom stereocenters. The van der Waals surface area contributed by atoms with E-state index in [0.717, 1.165) is 53.3 Å². The SMILES string of the molecule is C=CCC(F)(F)Oc1cccc(S(=O)(=O)N2c3ccc(Br)cc3C3(CCSCC3)C2C2CC2)c1. The zero-order chi connectivity index (χ0) is 24.1. The highest BCUT2D eigenvalue weighted by molar-refractivity contribution is 9.10. The number of thioether (sulfide) groups is 1. The molecule has 2 heterocycles. The molecular formula is C25H26BrF2NO3S2. The first kappa shape index (κ1) is 24.1. The fraction of sp³-hybridized carbons (Fsp3) is 0.440. The Labute approximate surface area is 211 Å². The van der Waals surface area contributed by atoms with Crippen molar-refractivity contribution in [3.8, 4) is 5.75 Å². The van der Waals surface area contributed by atoms with Crippen LogP contribution in [0.25, 0.3) is 0 Å². The summed E-state index contributed by atoms with van der Waals surface area (Å²) in [4.78, 5) is -0.0406. The average Bonchev–Trinajstić information content (AvgIpc) is 3.59. The molecular weight excluding hydrogens is 544 g/mol. The van der Waals surface area contributed by atoms with Gasteiger partial charge in [-0.05, 0) is 79.0 Å². The Bertz CT molecular complexity index is 1210. The molecule has 0 amide bonds. The van der Waals surface area contributed by atoms with Gasteiger partial charge in [0.1, 0.15) is 5.75 Å². The van der Waals surface area contributed by atoms with Crippen LogP contribution in [0.3, 0.4) is 0 Å². The van der Waals surface area contributed by atoms with Crippen LogP contribution in [0.15, 0.2) is 64.5 Å². The first-order valence-electron chi connectivity index (χ1n) is 11.4. The molecule has 182 valence electrons. The van der Waals surface area contributed by atoms with Gasteiger partial charge in [-0.15, -0.1) is 6.58 Å². The third-order valence-electron chi connectivity index (χ3n) is 7.02. The molecule has 1 saturated heterocycles. The second-order valence-corrected chi connectivity index (χ2v) is 13.2. The van der Waals surface area contributed by atoms with Crippen molar-refractivity contribution in [1.82, 2.24) is 0 Å². The number of fused-ring (bicyclic) bond motifs is 2. The highest BCUT2D eigenvalue weighted by Gasteiger charge is 2.59. The van der Waals surface area contributed by atoms with E-state index in [0.29, 0.717) is 11.6 Å². The summed E-state index contributed by atoms with van der Waals surface area (Å²) in [7, 11) is -4.02. The van der Waals surface area contributed by atoms with Crippen molar-refractivity contribution < 1.29 is 21.9 Å². The Balaban J connectivity index is 1.60. The molecule has 34 heavy (non-hydrogen) atoms.